The van der Waals surface area contributed by atoms with Gasteiger partial charge < -0.3 is 9.73 Å². The highest BCUT2D eigenvalue weighted by atomic mass is 16.3. The van der Waals surface area contributed by atoms with Gasteiger partial charge in [0.1, 0.15) is 12.0 Å². The predicted molar refractivity (Wildman–Crippen MR) is 77.7 cm³/mol. The van der Waals surface area contributed by atoms with E-state index < -0.39 is 0 Å². The predicted octanol–water partition coefficient (Wildman–Crippen LogP) is 2.78. The third kappa shape index (κ3) is 2.27. The van der Waals surface area contributed by atoms with Crippen molar-refractivity contribution in [2.45, 2.75) is 18.9 Å². The molecule has 2 heterocycles. The number of nitrogens with zero attached hydrogens (tertiary/aromatic N) is 2. The van der Waals surface area contributed by atoms with Crippen LogP contribution < -0.4 is 5.32 Å². The first-order chi connectivity index (χ1) is 10.3. The van der Waals surface area contributed by atoms with Crippen molar-refractivity contribution in [2.24, 2.45) is 0 Å². The van der Waals surface area contributed by atoms with Gasteiger partial charge in [0.05, 0.1) is 16.8 Å². The van der Waals surface area contributed by atoms with Crippen LogP contribution in [-0.4, -0.2) is 21.9 Å². The Morgan fingerprint density at radius 1 is 1.24 bits per heavy atom. The molecular weight excluding hydrogens is 266 g/mol. The van der Waals surface area contributed by atoms with Crippen LogP contribution in [0.25, 0.3) is 22.3 Å². The Morgan fingerprint density at radius 3 is 2.86 bits per heavy atom. The van der Waals surface area contributed by atoms with Crippen LogP contribution in [0.4, 0.5) is 0 Å². The molecule has 0 unspecified atom stereocenters. The molecule has 1 amide bonds. The minimum Gasteiger partial charge on any atom is -0.451 e. The minimum absolute atomic E-state index is 0.0548. The first-order valence-electron chi connectivity index (χ1n) is 6.90. The Hall–Kier alpha value is -2.69. The number of rotatable bonds is 3. The molecular formula is C16H13N3O2. The lowest BCUT2D eigenvalue weighted by Crippen LogP contribution is -2.25. The van der Waals surface area contributed by atoms with Crippen LogP contribution in [0.3, 0.4) is 0 Å². The van der Waals surface area contributed by atoms with Crippen molar-refractivity contribution < 1.29 is 9.21 Å². The number of pyridine rings is 1. The SMILES string of the molecule is O=C(NC1CC1)c1cc(-c2cocn2)nc2ccccc12. The fraction of sp³-hybridized carbons (Fsp3) is 0.188. The van der Waals surface area contributed by atoms with Crippen LogP contribution >= 0.6 is 0 Å². The Labute approximate surface area is 121 Å². The third-order valence-electron chi connectivity index (χ3n) is 3.57. The first-order valence-corrected chi connectivity index (χ1v) is 6.90. The van der Waals surface area contributed by atoms with E-state index in [-0.39, 0.29) is 5.91 Å². The van der Waals surface area contributed by atoms with E-state index >= 15 is 0 Å². The molecule has 0 radical (unpaired) electrons. The standard InChI is InChI=1S/C16H13N3O2/c20-16(18-10-5-6-10)12-7-14(15-8-21-9-17-15)19-13-4-2-1-3-11(12)13/h1-4,7-10H,5-6H2,(H,18,20). The molecule has 5 nitrogen and oxygen atoms in total. The van der Waals surface area contributed by atoms with Crippen LogP contribution in [0.5, 0.6) is 0 Å². The number of oxazole rings is 1. The van der Waals surface area contributed by atoms with Crippen molar-refractivity contribution >= 4 is 16.8 Å². The maximum atomic E-state index is 12.4. The van der Waals surface area contributed by atoms with Gasteiger partial charge in [0, 0.05) is 11.4 Å². The molecule has 0 bridgehead atoms. The lowest BCUT2D eigenvalue weighted by Gasteiger charge is -2.08. The number of hydrogen-bond acceptors (Lipinski definition) is 4. The van der Waals surface area contributed by atoms with Crippen LogP contribution in [0.1, 0.15) is 23.2 Å². The van der Waals surface area contributed by atoms with Crippen molar-refractivity contribution in [1.82, 2.24) is 15.3 Å². The van der Waals surface area contributed by atoms with Crippen molar-refractivity contribution in [1.29, 1.82) is 0 Å². The molecule has 3 aromatic rings. The van der Waals surface area contributed by atoms with E-state index in [4.69, 9.17) is 4.42 Å². The van der Waals surface area contributed by atoms with E-state index in [1.807, 2.05) is 24.3 Å². The van der Waals surface area contributed by atoms with Gasteiger partial charge in [-0.15, -0.1) is 0 Å². The minimum atomic E-state index is -0.0548. The van der Waals surface area contributed by atoms with Gasteiger partial charge in [0.25, 0.3) is 5.91 Å². The monoisotopic (exact) mass is 279 g/mol. The molecule has 0 saturated heterocycles. The topological polar surface area (TPSA) is 68.0 Å². The molecule has 21 heavy (non-hydrogen) atoms. The van der Waals surface area contributed by atoms with Gasteiger partial charge in [-0.05, 0) is 25.0 Å². The molecule has 0 spiro atoms. The normalized spacial score (nSPS) is 14.3. The second kappa shape index (κ2) is 4.70. The Bertz CT molecular complexity index is 808. The molecule has 104 valence electrons. The lowest BCUT2D eigenvalue weighted by molar-refractivity contribution is 0.0952. The number of amides is 1. The maximum Gasteiger partial charge on any atom is 0.252 e. The van der Waals surface area contributed by atoms with E-state index in [1.165, 1.54) is 12.7 Å². The van der Waals surface area contributed by atoms with Crippen molar-refractivity contribution in [3.8, 4) is 11.4 Å². The number of hydrogen-bond donors (Lipinski definition) is 1. The van der Waals surface area contributed by atoms with Crippen molar-refractivity contribution in [2.75, 3.05) is 0 Å². The zero-order valence-electron chi connectivity index (χ0n) is 11.2. The molecule has 0 aliphatic heterocycles. The summed E-state index contributed by atoms with van der Waals surface area (Å²) in [6, 6.07) is 9.72. The largest absolute Gasteiger partial charge is 0.451 e. The van der Waals surface area contributed by atoms with Gasteiger partial charge in [-0.2, -0.15) is 0 Å². The quantitative estimate of drug-likeness (QED) is 0.800. The molecule has 1 N–H and O–H groups in total. The van der Waals surface area contributed by atoms with Gasteiger partial charge in [0.2, 0.25) is 0 Å². The number of fused-ring (bicyclic) bond motifs is 1. The Balaban J connectivity index is 1.87. The van der Waals surface area contributed by atoms with Crippen LogP contribution in [-0.2, 0) is 0 Å². The molecule has 4 rings (SSSR count). The highest BCUT2D eigenvalue weighted by Crippen LogP contribution is 2.25. The first kappa shape index (κ1) is 12.1. The summed E-state index contributed by atoms with van der Waals surface area (Å²) in [5.41, 5.74) is 2.68. The number of aromatic nitrogens is 2. The number of carbonyl (C=O) groups is 1. The maximum absolute atomic E-state index is 12.4. The van der Waals surface area contributed by atoms with Gasteiger partial charge >= 0.3 is 0 Å². The summed E-state index contributed by atoms with van der Waals surface area (Å²) in [6.07, 6.45) is 5.01. The average molecular weight is 279 g/mol. The van der Waals surface area contributed by atoms with E-state index in [1.54, 1.807) is 6.07 Å². The number of carbonyl (C=O) groups excluding carboxylic acids is 1. The smallest absolute Gasteiger partial charge is 0.252 e. The molecule has 2 aromatic heterocycles. The molecule has 1 fully saturated rings. The molecule has 1 saturated carbocycles. The molecule has 0 atom stereocenters. The zero-order valence-corrected chi connectivity index (χ0v) is 11.2. The Kier molecular flexibility index (Phi) is 2.70. The van der Waals surface area contributed by atoms with Crippen LogP contribution in [0, 0.1) is 0 Å². The number of nitrogens with one attached hydrogen (secondary N) is 1. The Morgan fingerprint density at radius 2 is 2.10 bits per heavy atom. The van der Waals surface area contributed by atoms with Crippen molar-refractivity contribution in [3.05, 3.63) is 48.6 Å². The summed E-state index contributed by atoms with van der Waals surface area (Å²) in [6.45, 7) is 0. The molecule has 1 aliphatic carbocycles. The summed E-state index contributed by atoms with van der Waals surface area (Å²) >= 11 is 0. The highest BCUT2D eigenvalue weighted by Gasteiger charge is 2.25. The average Bonchev–Trinajstić information content (AvgIpc) is 3.16. The molecule has 5 heteroatoms. The second-order valence-corrected chi connectivity index (χ2v) is 5.19. The second-order valence-electron chi connectivity index (χ2n) is 5.19. The van der Waals surface area contributed by atoms with E-state index in [2.05, 4.69) is 15.3 Å². The summed E-state index contributed by atoms with van der Waals surface area (Å²) in [7, 11) is 0. The zero-order chi connectivity index (χ0) is 14.2. The summed E-state index contributed by atoms with van der Waals surface area (Å²) in [5, 5.41) is 3.87. The van der Waals surface area contributed by atoms with E-state index in [0.29, 0.717) is 23.0 Å². The van der Waals surface area contributed by atoms with Gasteiger partial charge in [-0.25, -0.2) is 9.97 Å². The van der Waals surface area contributed by atoms with Crippen LogP contribution in [0.2, 0.25) is 0 Å². The summed E-state index contributed by atoms with van der Waals surface area (Å²) in [4.78, 5) is 21.1. The molecule has 1 aromatic carbocycles. The number of benzene rings is 1. The van der Waals surface area contributed by atoms with Gasteiger partial charge in [-0.1, -0.05) is 18.2 Å². The number of para-hydroxylation sites is 1. The van der Waals surface area contributed by atoms with Gasteiger partial charge in [0.15, 0.2) is 6.39 Å². The molecule has 1 aliphatic rings. The highest BCUT2D eigenvalue weighted by molar-refractivity contribution is 6.07. The van der Waals surface area contributed by atoms with Crippen LogP contribution in [0.15, 0.2) is 47.4 Å². The lowest BCUT2D eigenvalue weighted by atomic mass is 10.1. The fourth-order valence-corrected chi connectivity index (χ4v) is 2.32. The third-order valence-corrected chi connectivity index (χ3v) is 3.57. The van der Waals surface area contributed by atoms with E-state index in [9.17, 15) is 4.79 Å². The summed E-state index contributed by atoms with van der Waals surface area (Å²) < 4.78 is 5.00. The van der Waals surface area contributed by atoms with E-state index in [0.717, 1.165) is 23.7 Å². The fourth-order valence-electron chi connectivity index (χ4n) is 2.32. The summed E-state index contributed by atoms with van der Waals surface area (Å²) in [5.74, 6) is -0.0548. The van der Waals surface area contributed by atoms with Gasteiger partial charge in [-0.3, -0.25) is 4.79 Å². The van der Waals surface area contributed by atoms with Crippen molar-refractivity contribution in [3.63, 3.8) is 0 Å².